The van der Waals surface area contributed by atoms with E-state index in [1.165, 1.54) is 46.8 Å². The number of fused-ring (bicyclic) bond motifs is 6. The van der Waals surface area contributed by atoms with Crippen molar-refractivity contribution in [3.05, 3.63) is 65.4 Å². The third-order valence-corrected chi connectivity index (χ3v) is 7.97. The zero-order valence-electron chi connectivity index (χ0n) is 17.4. The highest BCUT2D eigenvalue weighted by atomic mass is 32.1. The summed E-state index contributed by atoms with van der Waals surface area (Å²) >= 11 is 3.66. The monoisotopic (exact) mass is 427 g/mol. The van der Waals surface area contributed by atoms with Crippen LogP contribution in [0.4, 0.5) is 0 Å². The van der Waals surface area contributed by atoms with Crippen LogP contribution in [-0.4, -0.2) is 4.98 Å². The summed E-state index contributed by atoms with van der Waals surface area (Å²) in [6, 6.07) is 15.4. The number of benzene rings is 2. The Balaban J connectivity index is 1.72. The Kier molecular flexibility index (Phi) is 3.72. The molecule has 4 aromatic heterocycles. The lowest BCUT2D eigenvalue weighted by Gasteiger charge is -2.21. The maximum atomic E-state index is 5.87. The van der Waals surface area contributed by atoms with Gasteiger partial charge in [0.25, 0.3) is 0 Å². The minimum absolute atomic E-state index is 0.0736. The molecule has 0 amide bonds. The number of hydrogen-bond acceptors (Lipinski definition) is 4. The highest BCUT2D eigenvalue weighted by Crippen LogP contribution is 2.44. The first kappa shape index (κ1) is 18.1. The maximum absolute atomic E-state index is 5.87. The number of hydrogen-bond donors (Lipinski definition) is 0. The molecule has 0 bridgehead atoms. The molecular weight excluding hydrogens is 406 g/mol. The van der Waals surface area contributed by atoms with E-state index >= 15 is 0 Å². The number of pyridine rings is 1. The summed E-state index contributed by atoms with van der Waals surface area (Å²) in [5.41, 5.74) is 4.67. The van der Waals surface area contributed by atoms with Crippen LogP contribution < -0.4 is 0 Å². The predicted octanol–water partition coefficient (Wildman–Crippen LogP) is 8.68. The van der Waals surface area contributed by atoms with Crippen LogP contribution in [0.25, 0.3) is 52.5 Å². The lowest BCUT2D eigenvalue weighted by molar-refractivity contribution is 0.579. The molecule has 0 fully saturated rings. The van der Waals surface area contributed by atoms with E-state index in [1.54, 1.807) is 0 Å². The molecule has 2 nitrogen and oxygen atoms in total. The molecule has 0 radical (unpaired) electrons. The van der Waals surface area contributed by atoms with Gasteiger partial charge in [0, 0.05) is 42.0 Å². The second kappa shape index (κ2) is 6.16. The van der Waals surface area contributed by atoms with Crippen LogP contribution in [0.2, 0.25) is 0 Å². The first-order valence-electron chi connectivity index (χ1n) is 10.1. The van der Waals surface area contributed by atoms with E-state index in [4.69, 9.17) is 9.40 Å². The summed E-state index contributed by atoms with van der Waals surface area (Å²) in [5.74, 6) is 0.950. The third kappa shape index (κ3) is 2.57. The van der Waals surface area contributed by atoms with Crippen molar-refractivity contribution in [3.8, 4) is 11.3 Å². The van der Waals surface area contributed by atoms with Gasteiger partial charge in [-0.1, -0.05) is 20.8 Å². The highest BCUT2D eigenvalue weighted by molar-refractivity contribution is 7.26. The molecule has 4 heterocycles. The van der Waals surface area contributed by atoms with Crippen molar-refractivity contribution in [2.45, 2.75) is 33.1 Å². The number of rotatable bonds is 1. The second-order valence-electron chi connectivity index (χ2n) is 8.96. The van der Waals surface area contributed by atoms with Crippen molar-refractivity contribution in [3.63, 3.8) is 0 Å². The average Bonchev–Trinajstić information content (AvgIpc) is 3.40. The number of nitrogens with zero attached hydrogens (tertiary/aromatic N) is 1. The summed E-state index contributed by atoms with van der Waals surface area (Å²) in [4.78, 5) is 4.89. The van der Waals surface area contributed by atoms with Gasteiger partial charge in [-0.25, -0.2) is 0 Å². The van der Waals surface area contributed by atoms with E-state index in [1.807, 2.05) is 35.8 Å². The standard InChI is InChI=1S/C26H21NOS2/c1-14-11-18-20(28-14)6-5-17-22-21(30-25(17)18)7-9-27-23(22)16-12-15-8-10-29-24(15)19(13-16)26(2,3)4/h5-13H,1-4H3. The van der Waals surface area contributed by atoms with Gasteiger partial charge in [0.1, 0.15) is 11.3 Å². The van der Waals surface area contributed by atoms with E-state index < -0.39 is 0 Å². The lowest BCUT2D eigenvalue weighted by atomic mass is 9.85. The molecule has 0 N–H and O–H groups in total. The van der Waals surface area contributed by atoms with Crippen LogP contribution in [0.3, 0.4) is 0 Å². The Hall–Kier alpha value is -2.69. The normalized spacial score (nSPS) is 12.7. The molecule has 4 heteroatoms. The molecule has 0 saturated heterocycles. The van der Waals surface area contributed by atoms with Crippen molar-refractivity contribution in [2.75, 3.05) is 0 Å². The van der Waals surface area contributed by atoms with Crippen LogP contribution in [0.5, 0.6) is 0 Å². The van der Waals surface area contributed by atoms with Crippen molar-refractivity contribution < 1.29 is 4.42 Å². The van der Waals surface area contributed by atoms with Gasteiger partial charge >= 0.3 is 0 Å². The number of thiophene rings is 2. The fourth-order valence-electron chi connectivity index (χ4n) is 4.41. The minimum atomic E-state index is 0.0736. The number of aromatic nitrogens is 1. The molecule has 0 saturated carbocycles. The molecule has 6 rings (SSSR count). The van der Waals surface area contributed by atoms with E-state index in [-0.39, 0.29) is 5.41 Å². The van der Waals surface area contributed by atoms with Gasteiger partial charge in [-0.2, -0.15) is 0 Å². The van der Waals surface area contributed by atoms with Crippen LogP contribution in [0.1, 0.15) is 32.1 Å². The molecule has 0 aliphatic heterocycles. The summed E-state index contributed by atoms with van der Waals surface area (Å²) in [6.07, 6.45) is 1.94. The van der Waals surface area contributed by atoms with Gasteiger partial charge < -0.3 is 4.42 Å². The van der Waals surface area contributed by atoms with Gasteiger partial charge in [-0.15, -0.1) is 22.7 Å². The van der Waals surface area contributed by atoms with Gasteiger partial charge in [0.15, 0.2) is 0 Å². The lowest BCUT2D eigenvalue weighted by Crippen LogP contribution is -2.11. The molecule has 2 aromatic carbocycles. The first-order valence-corrected chi connectivity index (χ1v) is 11.8. The van der Waals surface area contributed by atoms with E-state index in [0.717, 1.165) is 17.0 Å². The van der Waals surface area contributed by atoms with Gasteiger partial charge in [0.05, 0.1) is 5.69 Å². The molecule has 0 aliphatic rings. The fourth-order valence-corrected chi connectivity index (χ4v) is 6.73. The van der Waals surface area contributed by atoms with E-state index in [2.05, 4.69) is 68.6 Å². The Bertz CT molecular complexity index is 1590. The second-order valence-corrected chi connectivity index (χ2v) is 10.9. The van der Waals surface area contributed by atoms with Crippen molar-refractivity contribution >= 4 is 63.9 Å². The zero-order chi connectivity index (χ0) is 20.6. The molecule has 0 atom stereocenters. The van der Waals surface area contributed by atoms with Crippen molar-refractivity contribution in [1.82, 2.24) is 4.98 Å². The van der Waals surface area contributed by atoms with Gasteiger partial charge in [0.2, 0.25) is 0 Å². The van der Waals surface area contributed by atoms with Crippen LogP contribution in [-0.2, 0) is 5.41 Å². The summed E-state index contributed by atoms with van der Waals surface area (Å²) in [6.45, 7) is 8.88. The van der Waals surface area contributed by atoms with Gasteiger partial charge in [-0.05, 0) is 71.1 Å². The third-order valence-electron chi connectivity index (χ3n) is 5.80. The smallest absolute Gasteiger partial charge is 0.135 e. The quantitative estimate of drug-likeness (QED) is 0.262. The Morgan fingerprint density at radius 3 is 2.63 bits per heavy atom. The molecule has 0 spiro atoms. The zero-order valence-corrected chi connectivity index (χ0v) is 19.0. The SMILES string of the molecule is Cc1cc2c(ccc3c2sc2ccnc(-c4cc(C(C)(C)C)c5sccc5c4)c23)o1. The van der Waals surface area contributed by atoms with Gasteiger partial charge in [-0.3, -0.25) is 4.98 Å². The summed E-state index contributed by atoms with van der Waals surface area (Å²) in [5, 5.41) is 7.19. The van der Waals surface area contributed by atoms with Crippen LogP contribution in [0.15, 0.2) is 58.5 Å². The largest absolute Gasteiger partial charge is 0.461 e. The predicted molar refractivity (Wildman–Crippen MR) is 131 cm³/mol. The van der Waals surface area contributed by atoms with Crippen molar-refractivity contribution in [1.29, 1.82) is 0 Å². The summed E-state index contributed by atoms with van der Waals surface area (Å²) < 4.78 is 9.80. The molecule has 0 unspecified atom stereocenters. The average molecular weight is 428 g/mol. The first-order chi connectivity index (χ1) is 14.4. The number of furan rings is 1. The minimum Gasteiger partial charge on any atom is -0.461 e. The number of aryl methyl sites for hydroxylation is 1. The molecular formula is C26H21NOS2. The molecule has 148 valence electrons. The van der Waals surface area contributed by atoms with Crippen LogP contribution in [0, 0.1) is 6.92 Å². The van der Waals surface area contributed by atoms with Crippen LogP contribution >= 0.6 is 22.7 Å². The Morgan fingerprint density at radius 2 is 1.80 bits per heavy atom. The Morgan fingerprint density at radius 1 is 0.933 bits per heavy atom. The maximum Gasteiger partial charge on any atom is 0.135 e. The fraction of sp³-hybridized carbons (Fsp3) is 0.192. The molecule has 30 heavy (non-hydrogen) atoms. The van der Waals surface area contributed by atoms with Crippen molar-refractivity contribution in [2.24, 2.45) is 0 Å². The summed E-state index contributed by atoms with van der Waals surface area (Å²) in [7, 11) is 0. The Labute approximate surface area is 182 Å². The highest BCUT2D eigenvalue weighted by Gasteiger charge is 2.21. The van der Waals surface area contributed by atoms with E-state index in [0.29, 0.717) is 0 Å². The molecule has 6 aromatic rings. The van der Waals surface area contributed by atoms with E-state index in [9.17, 15) is 0 Å². The molecule has 0 aliphatic carbocycles. The topological polar surface area (TPSA) is 26.0 Å².